The fourth-order valence-corrected chi connectivity index (χ4v) is 13.9. The number of rotatable bonds is 13. The van der Waals surface area contributed by atoms with Gasteiger partial charge in [-0.3, -0.25) is 4.79 Å². The zero-order valence-electron chi connectivity index (χ0n) is 40.0. The Morgan fingerprint density at radius 1 is 0.727 bits per heavy atom. The standard InChI is InChI=1S/C48H80O18/c1-21(10-14-29(51)45(5,6)66-42-39(60)36(57)33(54)26(19-49)62-42)23-16-17-46(7)28-13-11-24-25(48(28,9)30(52)18-47(23,46)8)12-15-31(44(24,3)4)64-43-40(37(58)34(55)27(20-50)63-43)65-41-38(59)35(56)32(53)22(2)61-41/h11,21-23,25-29,31-43,49-51,53-60H,10,12-20H2,1-9H3. The van der Waals surface area contributed by atoms with Crippen LogP contribution in [0.2, 0.25) is 0 Å². The number of hydrogen-bond donors (Lipinski definition) is 11. The van der Waals surface area contributed by atoms with Gasteiger partial charge in [-0.15, -0.1) is 0 Å². The highest BCUT2D eigenvalue weighted by molar-refractivity contribution is 5.88. The predicted molar refractivity (Wildman–Crippen MR) is 233 cm³/mol. The number of fused-ring (bicyclic) bond motifs is 5. The summed E-state index contributed by atoms with van der Waals surface area (Å²) < 4.78 is 36.0. The fraction of sp³-hybridized carbons (Fsp3) is 0.938. The van der Waals surface area contributed by atoms with E-state index in [-0.39, 0.29) is 40.3 Å². The molecule has 380 valence electrons. The molecule has 7 rings (SSSR count). The minimum Gasteiger partial charge on any atom is -0.394 e. The quantitative estimate of drug-likeness (QED) is 0.110. The van der Waals surface area contributed by atoms with Crippen molar-refractivity contribution in [3.63, 3.8) is 0 Å². The molecule has 0 amide bonds. The van der Waals surface area contributed by atoms with Crippen LogP contribution in [0.15, 0.2) is 11.6 Å². The van der Waals surface area contributed by atoms with E-state index in [0.717, 1.165) is 18.4 Å². The van der Waals surface area contributed by atoms with Gasteiger partial charge in [0.05, 0.1) is 37.1 Å². The van der Waals surface area contributed by atoms with E-state index in [9.17, 15) is 56.2 Å². The van der Waals surface area contributed by atoms with Crippen molar-refractivity contribution >= 4 is 5.78 Å². The second-order valence-corrected chi connectivity index (χ2v) is 22.8. The molecule has 6 fully saturated rings. The third-order valence-electron chi connectivity index (χ3n) is 18.5. The van der Waals surface area contributed by atoms with Gasteiger partial charge in [-0.25, -0.2) is 0 Å². The maximum Gasteiger partial charge on any atom is 0.187 e. The molecule has 0 aromatic rings. The van der Waals surface area contributed by atoms with Crippen LogP contribution < -0.4 is 0 Å². The molecule has 18 heteroatoms. The highest BCUT2D eigenvalue weighted by atomic mass is 16.8. The number of ketones is 1. The van der Waals surface area contributed by atoms with E-state index in [0.29, 0.717) is 38.5 Å². The van der Waals surface area contributed by atoms with Gasteiger partial charge < -0.3 is 84.6 Å². The number of allylic oxidation sites excluding steroid dienone is 1. The van der Waals surface area contributed by atoms with E-state index in [1.54, 1.807) is 13.8 Å². The lowest BCUT2D eigenvalue weighted by Crippen LogP contribution is -2.65. The largest absolute Gasteiger partial charge is 0.394 e. The predicted octanol–water partition coefficient (Wildman–Crippen LogP) is 0.180. The van der Waals surface area contributed by atoms with Crippen LogP contribution >= 0.6 is 0 Å². The van der Waals surface area contributed by atoms with Crippen LogP contribution in [0.1, 0.15) is 114 Å². The maximum atomic E-state index is 15.1. The van der Waals surface area contributed by atoms with Crippen molar-refractivity contribution in [1.29, 1.82) is 0 Å². The Kier molecular flexibility index (Phi) is 15.2. The van der Waals surface area contributed by atoms with Gasteiger partial charge in [-0.2, -0.15) is 0 Å². The molecule has 24 atom stereocenters. The third kappa shape index (κ3) is 8.60. The van der Waals surface area contributed by atoms with E-state index in [1.807, 2.05) is 0 Å². The molecule has 0 radical (unpaired) electrons. The molecule has 66 heavy (non-hydrogen) atoms. The Morgan fingerprint density at radius 3 is 1.95 bits per heavy atom. The van der Waals surface area contributed by atoms with Crippen molar-refractivity contribution in [2.75, 3.05) is 13.2 Å². The minimum absolute atomic E-state index is 0.0616. The highest BCUT2D eigenvalue weighted by Crippen LogP contribution is 2.74. The van der Waals surface area contributed by atoms with Crippen molar-refractivity contribution in [2.45, 2.75) is 224 Å². The van der Waals surface area contributed by atoms with E-state index in [1.165, 1.54) is 6.92 Å². The van der Waals surface area contributed by atoms with Gasteiger partial charge in [0.15, 0.2) is 18.9 Å². The Morgan fingerprint density at radius 2 is 1.32 bits per heavy atom. The Labute approximate surface area is 388 Å². The molecule has 7 aliphatic rings. The highest BCUT2D eigenvalue weighted by Gasteiger charge is 2.70. The Bertz CT molecular complexity index is 1740. The molecular weight excluding hydrogens is 865 g/mol. The molecule has 3 saturated heterocycles. The average molecular weight is 945 g/mol. The third-order valence-corrected chi connectivity index (χ3v) is 18.5. The summed E-state index contributed by atoms with van der Waals surface area (Å²) in [5.74, 6) is 0.565. The van der Waals surface area contributed by atoms with Crippen LogP contribution in [0.4, 0.5) is 0 Å². The van der Waals surface area contributed by atoms with Gasteiger partial charge >= 0.3 is 0 Å². The first kappa shape index (κ1) is 52.6. The molecule has 0 bridgehead atoms. The summed E-state index contributed by atoms with van der Waals surface area (Å²) in [5.41, 5.74) is -1.92. The molecule has 0 aromatic heterocycles. The molecule has 3 aliphatic heterocycles. The van der Waals surface area contributed by atoms with Crippen LogP contribution in [-0.4, -0.2) is 185 Å². The van der Waals surface area contributed by atoms with Crippen molar-refractivity contribution in [3.05, 3.63) is 11.6 Å². The van der Waals surface area contributed by atoms with E-state index in [4.69, 9.17) is 28.4 Å². The van der Waals surface area contributed by atoms with Crippen molar-refractivity contribution in [2.24, 2.45) is 45.3 Å². The van der Waals surface area contributed by atoms with Gasteiger partial charge in [0, 0.05) is 17.3 Å². The Balaban J connectivity index is 1.05. The van der Waals surface area contributed by atoms with Crippen molar-refractivity contribution in [1.82, 2.24) is 0 Å². The number of carbonyl (C=O) groups is 1. The number of aliphatic hydroxyl groups is 11. The molecular formula is C48H80O18. The van der Waals surface area contributed by atoms with Gasteiger partial charge in [0.25, 0.3) is 0 Å². The first-order chi connectivity index (χ1) is 30.7. The monoisotopic (exact) mass is 945 g/mol. The van der Waals surface area contributed by atoms with Gasteiger partial charge in [0.1, 0.15) is 72.9 Å². The first-order valence-electron chi connectivity index (χ1n) is 24.2. The summed E-state index contributed by atoms with van der Waals surface area (Å²) in [5, 5.41) is 116. The van der Waals surface area contributed by atoms with Crippen LogP contribution in [0, 0.1) is 45.3 Å². The number of Topliss-reactive ketones (excluding diaryl/α,β-unsaturated/α-hetero) is 1. The normalized spacial score (nSPS) is 50.5. The van der Waals surface area contributed by atoms with Gasteiger partial charge in [-0.1, -0.05) is 53.2 Å². The van der Waals surface area contributed by atoms with Crippen LogP contribution in [-0.2, 0) is 33.2 Å². The van der Waals surface area contributed by atoms with Crippen LogP contribution in [0.3, 0.4) is 0 Å². The zero-order valence-corrected chi connectivity index (χ0v) is 40.0. The SMILES string of the molecule is CC(CCC(O)C(C)(C)OC1OC(CO)C(O)C(O)C1O)C1CCC2(C)C3CC=C4C(CCC(OC5OC(CO)C(O)C(O)C5OC5OC(C)C(O)C(O)C5O)C4(C)C)C3(C)C(=O)CC12C. The molecule has 24 unspecified atom stereocenters. The topological polar surface area (TPSA) is 295 Å². The summed E-state index contributed by atoms with van der Waals surface area (Å²) in [4.78, 5) is 15.1. The molecule has 3 heterocycles. The lowest BCUT2D eigenvalue weighted by atomic mass is 9.38. The molecule has 0 aromatic carbocycles. The van der Waals surface area contributed by atoms with Gasteiger partial charge in [0.2, 0.25) is 0 Å². The summed E-state index contributed by atoms with van der Waals surface area (Å²) in [7, 11) is 0. The first-order valence-corrected chi connectivity index (χ1v) is 24.2. The van der Waals surface area contributed by atoms with Crippen molar-refractivity contribution < 1.29 is 89.4 Å². The number of aliphatic hydroxyl groups excluding tert-OH is 11. The van der Waals surface area contributed by atoms with Crippen molar-refractivity contribution in [3.8, 4) is 0 Å². The average Bonchev–Trinajstić information content (AvgIpc) is 3.53. The fourth-order valence-electron chi connectivity index (χ4n) is 13.9. The van der Waals surface area contributed by atoms with Gasteiger partial charge in [-0.05, 0) is 100 Å². The summed E-state index contributed by atoms with van der Waals surface area (Å²) in [6, 6.07) is 0. The number of hydrogen-bond acceptors (Lipinski definition) is 18. The zero-order chi connectivity index (χ0) is 48.8. The van der Waals surface area contributed by atoms with E-state index < -0.39 is 134 Å². The van der Waals surface area contributed by atoms with Crippen LogP contribution in [0.5, 0.6) is 0 Å². The Hall–Kier alpha value is -1.27. The summed E-state index contributed by atoms with van der Waals surface area (Å²) in [6.07, 6.45) is -15.7. The molecule has 11 N–H and O–H groups in total. The van der Waals surface area contributed by atoms with E-state index >= 15 is 4.79 Å². The minimum atomic E-state index is -1.69. The molecule has 3 saturated carbocycles. The number of ether oxygens (including phenoxy) is 6. The second-order valence-electron chi connectivity index (χ2n) is 22.8. The van der Waals surface area contributed by atoms with E-state index in [2.05, 4.69) is 47.6 Å². The molecule has 18 nitrogen and oxygen atoms in total. The lowest BCUT2D eigenvalue weighted by molar-refractivity contribution is -0.372. The second kappa shape index (κ2) is 19.1. The van der Waals surface area contributed by atoms with Crippen LogP contribution in [0.25, 0.3) is 0 Å². The summed E-state index contributed by atoms with van der Waals surface area (Å²) >= 11 is 0. The molecule has 4 aliphatic carbocycles. The number of carbonyl (C=O) groups excluding carboxylic acids is 1. The lowest BCUT2D eigenvalue weighted by Gasteiger charge is -2.65. The molecule has 0 spiro atoms. The smallest absolute Gasteiger partial charge is 0.187 e. The maximum absolute atomic E-state index is 15.1. The summed E-state index contributed by atoms with van der Waals surface area (Å²) in [6.45, 7) is 16.7.